The molecule has 0 unspecified atom stereocenters. The van der Waals surface area contributed by atoms with Crippen LogP contribution in [0, 0.1) is 13.8 Å². The van der Waals surface area contributed by atoms with Crippen LogP contribution in [0.25, 0.3) is 0 Å². The van der Waals surface area contributed by atoms with Gasteiger partial charge in [0.25, 0.3) is 0 Å². The molecule has 4 aromatic carbocycles. The Morgan fingerprint density at radius 3 is 1.61 bits per heavy atom. The quantitative estimate of drug-likeness (QED) is 0.233. The van der Waals surface area contributed by atoms with Crippen molar-refractivity contribution in [1.82, 2.24) is 5.09 Å². The minimum absolute atomic E-state index is 0.738. The molecule has 0 aliphatic carbocycles. The van der Waals surface area contributed by atoms with Crippen LogP contribution in [0.3, 0.4) is 0 Å². The molecule has 0 spiro atoms. The van der Waals surface area contributed by atoms with E-state index in [2.05, 4.69) is 115 Å². The summed E-state index contributed by atoms with van der Waals surface area (Å²) in [4.78, 5) is 5.05. The Morgan fingerprint density at radius 1 is 0.613 bits per heavy atom. The molecule has 0 heterocycles. The van der Waals surface area contributed by atoms with E-state index >= 15 is 0 Å². The molecule has 0 saturated heterocycles. The van der Waals surface area contributed by atoms with Gasteiger partial charge >= 0.3 is 0 Å². The highest BCUT2D eigenvalue weighted by Gasteiger charge is 2.16. The topological polar surface area (TPSA) is 36.4 Å². The SMILES string of the molecule is Cc1cccc(C)c1N=C(Nc1ccccc1)NP(c1ccccc1)c1ccccc1. The lowest BCUT2D eigenvalue weighted by atomic mass is 10.1. The standard InChI is InChI=1S/C27H26N3P/c1-21-13-12-14-22(2)26(21)29-27(28-23-15-6-3-7-16-23)30-31(24-17-8-4-9-18-24)25-19-10-5-11-20-25/h3-20H,1-2H3,(H2,28,29,30). The summed E-state index contributed by atoms with van der Waals surface area (Å²) in [5.74, 6) is 0.738. The Kier molecular flexibility index (Phi) is 6.76. The van der Waals surface area contributed by atoms with Crippen molar-refractivity contribution in [1.29, 1.82) is 0 Å². The van der Waals surface area contributed by atoms with E-state index in [0.717, 1.165) is 28.5 Å². The molecule has 0 fully saturated rings. The van der Waals surface area contributed by atoms with Crippen LogP contribution in [0.2, 0.25) is 0 Å². The molecule has 4 rings (SSSR count). The third-order valence-electron chi connectivity index (χ3n) is 4.95. The molecule has 0 amide bonds. The van der Waals surface area contributed by atoms with Crippen molar-refractivity contribution in [2.24, 2.45) is 4.99 Å². The van der Waals surface area contributed by atoms with E-state index in [1.54, 1.807) is 0 Å². The molecule has 3 nitrogen and oxygen atoms in total. The van der Waals surface area contributed by atoms with Crippen LogP contribution in [-0.4, -0.2) is 5.96 Å². The highest BCUT2D eigenvalue weighted by Crippen LogP contribution is 2.30. The van der Waals surface area contributed by atoms with Gasteiger partial charge in [-0.2, -0.15) is 0 Å². The summed E-state index contributed by atoms with van der Waals surface area (Å²) in [6.07, 6.45) is 0. The fraction of sp³-hybridized carbons (Fsp3) is 0.0741. The van der Waals surface area contributed by atoms with E-state index in [4.69, 9.17) is 4.99 Å². The maximum atomic E-state index is 5.05. The van der Waals surface area contributed by atoms with Gasteiger partial charge in [0, 0.05) is 16.3 Å². The maximum Gasteiger partial charge on any atom is 0.204 e. The van der Waals surface area contributed by atoms with Gasteiger partial charge in [0.1, 0.15) is 0 Å². The van der Waals surface area contributed by atoms with Gasteiger partial charge < -0.3 is 10.4 Å². The largest absolute Gasteiger partial charge is 0.327 e. The van der Waals surface area contributed by atoms with Crippen LogP contribution in [-0.2, 0) is 0 Å². The van der Waals surface area contributed by atoms with E-state index in [1.807, 2.05) is 18.2 Å². The minimum Gasteiger partial charge on any atom is -0.327 e. The first-order valence-corrected chi connectivity index (χ1v) is 11.7. The molecule has 0 aromatic heterocycles. The average Bonchev–Trinajstić information content (AvgIpc) is 2.81. The van der Waals surface area contributed by atoms with Crippen LogP contribution in [0.5, 0.6) is 0 Å². The van der Waals surface area contributed by atoms with E-state index in [9.17, 15) is 0 Å². The number of para-hydroxylation sites is 2. The highest BCUT2D eigenvalue weighted by atomic mass is 31.1. The molecule has 31 heavy (non-hydrogen) atoms. The van der Waals surface area contributed by atoms with Gasteiger partial charge in [0.15, 0.2) is 0 Å². The minimum atomic E-state index is -0.845. The normalized spacial score (nSPS) is 11.4. The molecule has 0 aliphatic heterocycles. The summed E-state index contributed by atoms with van der Waals surface area (Å²) in [5, 5.41) is 9.74. The second-order valence-electron chi connectivity index (χ2n) is 7.31. The number of aliphatic imine (C=N–C) groups is 1. The van der Waals surface area contributed by atoms with Gasteiger partial charge in [-0.3, -0.25) is 0 Å². The summed E-state index contributed by atoms with van der Waals surface area (Å²) in [6.45, 7) is 4.20. The van der Waals surface area contributed by atoms with E-state index in [1.165, 1.54) is 10.6 Å². The fourth-order valence-electron chi connectivity index (χ4n) is 3.37. The second kappa shape index (κ2) is 10.1. The number of anilines is 1. The Morgan fingerprint density at radius 2 is 1.10 bits per heavy atom. The number of rotatable bonds is 5. The smallest absolute Gasteiger partial charge is 0.204 e. The fourth-order valence-corrected chi connectivity index (χ4v) is 5.19. The first-order valence-electron chi connectivity index (χ1n) is 10.3. The third kappa shape index (κ3) is 5.39. The summed E-state index contributed by atoms with van der Waals surface area (Å²) in [6, 6.07) is 37.6. The van der Waals surface area contributed by atoms with Gasteiger partial charge in [-0.25, -0.2) is 4.99 Å². The zero-order chi connectivity index (χ0) is 21.5. The first-order chi connectivity index (χ1) is 15.2. The first kappa shape index (κ1) is 20.8. The molecule has 0 atom stereocenters. The third-order valence-corrected chi connectivity index (χ3v) is 7.01. The second-order valence-corrected chi connectivity index (χ2v) is 9.24. The van der Waals surface area contributed by atoms with Crippen LogP contribution >= 0.6 is 8.07 Å². The van der Waals surface area contributed by atoms with Crippen LogP contribution in [0.1, 0.15) is 11.1 Å². The molecule has 4 aromatic rings. The molecule has 2 N–H and O–H groups in total. The lowest BCUT2D eigenvalue weighted by Crippen LogP contribution is -2.33. The number of guanidine groups is 1. The molecular weight excluding hydrogens is 397 g/mol. The van der Waals surface area contributed by atoms with Gasteiger partial charge in [-0.05, 0) is 37.1 Å². The number of nitrogens with zero attached hydrogens (tertiary/aromatic N) is 1. The Labute approximate surface area is 185 Å². The van der Waals surface area contributed by atoms with Crippen molar-refractivity contribution < 1.29 is 0 Å². The van der Waals surface area contributed by atoms with E-state index in [0.29, 0.717) is 0 Å². The Hall–Kier alpha value is -3.42. The average molecular weight is 424 g/mol. The van der Waals surface area contributed by atoms with Crippen molar-refractivity contribution in [2.75, 3.05) is 5.32 Å². The van der Waals surface area contributed by atoms with Crippen LogP contribution in [0.15, 0.2) is 114 Å². The lowest BCUT2D eigenvalue weighted by molar-refractivity contribution is 1.29. The van der Waals surface area contributed by atoms with Gasteiger partial charge in [-0.1, -0.05) is 97.1 Å². The molecular formula is C27H26N3P. The maximum absolute atomic E-state index is 5.05. The summed E-state index contributed by atoms with van der Waals surface area (Å²) in [7, 11) is -0.845. The Balaban J connectivity index is 1.77. The number of nitrogens with one attached hydrogen (secondary N) is 2. The Bertz CT molecular complexity index is 1080. The number of hydrogen-bond donors (Lipinski definition) is 2. The van der Waals surface area contributed by atoms with Gasteiger partial charge in [-0.15, -0.1) is 0 Å². The van der Waals surface area contributed by atoms with Crippen molar-refractivity contribution in [3.63, 3.8) is 0 Å². The monoisotopic (exact) mass is 423 g/mol. The van der Waals surface area contributed by atoms with Crippen LogP contribution < -0.4 is 21.0 Å². The van der Waals surface area contributed by atoms with Crippen molar-refractivity contribution >= 4 is 36.0 Å². The van der Waals surface area contributed by atoms with Crippen molar-refractivity contribution in [3.05, 3.63) is 120 Å². The zero-order valence-corrected chi connectivity index (χ0v) is 18.7. The van der Waals surface area contributed by atoms with Crippen molar-refractivity contribution in [2.45, 2.75) is 13.8 Å². The summed E-state index contributed by atoms with van der Waals surface area (Å²) < 4.78 is 0. The van der Waals surface area contributed by atoms with Gasteiger partial charge in [0.05, 0.1) is 13.8 Å². The summed E-state index contributed by atoms with van der Waals surface area (Å²) in [5.41, 5.74) is 4.29. The van der Waals surface area contributed by atoms with Gasteiger partial charge in [0.2, 0.25) is 5.96 Å². The molecule has 154 valence electrons. The van der Waals surface area contributed by atoms with Crippen LogP contribution in [0.4, 0.5) is 11.4 Å². The number of benzene rings is 4. The number of hydrogen-bond acceptors (Lipinski definition) is 1. The summed E-state index contributed by atoms with van der Waals surface area (Å²) >= 11 is 0. The predicted molar refractivity (Wildman–Crippen MR) is 135 cm³/mol. The molecule has 0 saturated carbocycles. The van der Waals surface area contributed by atoms with E-state index in [-0.39, 0.29) is 0 Å². The number of aryl methyl sites for hydroxylation is 2. The molecule has 4 heteroatoms. The van der Waals surface area contributed by atoms with E-state index < -0.39 is 8.07 Å². The molecule has 0 bridgehead atoms. The van der Waals surface area contributed by atoms with Crippen molar-refractivity contribution in [3.8, 4) is 0 Å². The molecule has 0 aliphatic rings. The highest BCUT2D eigenvalue weighted by molar-refractivity contribution is 7.71. The molecule has 0 radical (unpaired) electrons. The zero-order valence-electron chi connectivity index (χ0n) is 17.8. The predicted octanol–water partition coefficient (Wildman–Crippen LogP) is 6.04. The lowest BCUT2D eigenvalue weighted by Gasteiger charge is -2.23.